The predicted molar refractivity (Wildman–Crippen MR) is 115 cm³/mol. The summed E-state index contributed by atoms with van der Waals surface area (Å²) in [5.41, 5.74) is 4.20. The van der Waals surface area contributed by atoms with Crippen LogP contribution in [0.5, 0.6) is 0 Å². The molecule has 0 atom stereocenters. The van der Waals surface area contributed by atoms with E-state index in [2.05, 4.69) is 36.1 Å². The van der Waals surface area contributed by atoms with Crippen LogP contribution in [-0.2, 0) is 27.7 Å². The maximum atomic E-state index is 13.2. The van der Waals surface area contributed by atoms with Gasteiger partial charge in [-0.2, -0.15) is 4.31 Å². The Morgan fingerprint density at radius 3 is 2.45 bits per heavy atom. The first-order chi connectivity index (χ1) is 13.9. The van der Waals surface area contributed by atoms with Gasteiger partial charge in [-0.15, -0.1) is 0 Å². The van der Waals surface area contributed by atoms with Crippen LogP contribution in [0.25, 0.3) is 0 Å². The van der Waals surface area contributed by atoms with Crippen molar-refractivity contribution < 1.29 is 13.2 Å². The summed E-state index contributed by atoms with van der Waals surface area (Å²) in [6.07, 6.45) is 1.68. The van der Waals surface area contributed by atoms with E-state index in [9.17, 15) is 13.2 Å². The molecule has 0 aliphatic carbocycles. The molecule has 0 spiro atoms. The quantitative estimate of drug-likeness (QED) is 0.773. The van der Waals surface area contributed by atoms with Gasteiger partial charge in [0.1, 0.15) is 0 Å². The molecule has 0 N–H and O–H groups in total. The Morgan fingerprint density at radius 2 is 1.76 bits per heavy atom. The fourth-order valence-corrected chi connectivity index (χ4v) is 5.65. The van der Waals surface area contributed by atoms with Crippen LogP contribution in [0.4, 0.5) is 11.4 Å². The Hall–Kier alpha value is -2.38. The lowest BCUT2D eigenvalue weighted by atomic mass is 10.1. The zero-order valence-corrected chi connectivity index (χ0v) is 17.8. The smallest absolute Gasteiger partial charge is 0.243 e. The number of carbonyl (C=O) groups excluding carboxylic acids is 1. The maximum Gasteiger partial charge on any atom is 0.243 e. The first-order valence-electron chi connectivity index (χ1n) is 10.1. The molecule has 0 aromatic heterocycles. The fourth-order valence-electron chi connectivity index (χ4n) is 4.17. The van der Waals surface area contributed by atoms with Gasteiger partial charge in [0.05, 0.1) is 4.90 Å². The monoisotopic (exact) mass is 413 g/mol. The lowest BCUT2D eigenvalue weighted by molar-refractivity contribution is -0.116. The summed E-state index contributed by atoms with van der Waals surface area (Å²) in [6.45, 7) is 6.57. The second-order valence-corrected chi connectivity index (χ2v) is 9.56. The van der Waals surface area contributed by atoms with Crippen LogP contribution in [0.2, 0.25) is 0 Å². The molecule has 6 nitrogen and oxygen atoms in total. The van der Waals surface area contributed by atoms with E-state index in [1.165, 1.54) is 12.5 Å². The van der Waals surface area contributed by atoms with Crippen molar-refractivity contribution in [3.05, 3.63) is 53.6 Å². The number of rotatable bonds is 4. The fraction of sp³-hybridized carbons (Fsp3) is 0.409. The molecular formula is C22H27N3O3S. The van der Waals surface area contributed by atoms with Crippen LogP contribution in [0.3, 0.4) is 0 Å². The number of fused-ring (bicyclic) bond motifs is 1. The number of sulfonamides is 1. The molecule has 0 unspecified atom stereocenters. The summed E-state index contributed by atoms with van der Waals surface area (Å²) in [5, 5.41) is 0. The number of aryl methyl sites for hydroxylation is 1. The lowest BCUT2D eigenvalue weighted by Gasteiger charge is -2.35. The van der Waals surface area contributed by atoms with Gasteiger partial charge in [0.15, 0.2) is 0 Å². The van der Waals surface area contributed by atoms with Gasteiger partial charge < -0.3 is 9.80 Å². The third-order valence-corrected chi connectivity index (χ3v) is 7.78. The molecule has 7 heteroatoms. The van der Waals surface area contributed by atoms with E-state index in [1.807, 2.05) is 0 Å². The number of hydrogen-bond donors (Lipinski definition) is 0. The third-order valence-electron chi connectivity index (χ3n) is 5.89. The highest BCUT2D eigenvalue weighted by atomic mass is 32.2. The van der Waals surface area contributed by atoms with E-state index in [0.29, 0.717) is 44.0 Å². The normalized spacial score (nSPS) is 17.4. The predicted octanol–water partition coefficient (Wildman–Crippen LogP) is 2.67. The number of amides is 1. The number of carbonyl (C=O) groups is 1. The minimum Gasteiger partial charge on any atom is -0.369 e. The molecule has 1 saturated heterocycles. The molecule has 1 amide bonds. The molecule has 29 heavy (non-hydrogen) atoms. The third kappa shape index (κ3) is 3.76. The largest absolute Gasteiger partial charge is 0.369 e. The lowest BCUT2D eigenvalue weighted by Crippen LogP contribution is -2.48. The molecule has 2 aromatic rings. The molecule has 0 radical (unpaired) electrons. The van der Waals surface area contributed by atoms with Crippen molar-refractivity contribution in [3.63, 3.8) is 0 Å². The van der Waals surface area contributed by atoms with Crippen molar-refractivity contribution in [2.24, 2.45) is 0 Å². The van der Waals surface area contributed by atoms with Gasteiger partial charge in [-0.1, -0.05) is 19.1 Å². The summed E-state index contributed by atoms with van der Waals surface area (Å²) in [6, 6.07) is 13.6. The van der Waals surface area contributed by atoms with Gasteiger partial charge in [0.2, 0.25) is 15.9 Å². The van der Waals surface area contributed by atoms with Crippen molar-refractivity contribution in [1.82, 2.24) is 4.31 Å². The highest BCUT2D eigenvalue weighted by molar-refractivity contribution is 7.89. The van der Waals surface area contributed by atoms with Crippen LogP contribution >= 0.6 is 0 Å². The molecule has 2 aliphatic rings. The van der Waals surface area contributed by atoms with Crippen LogP contribution < -0.4 is 9.80 Å². The molecule has 2 heterocycles. The molecule has 0 saturated carbocycles. The molecule has 0 bridgehead atoms. The minimum absolute atomic E-state index is 0.0115. The molecule has 154 valence electrons. The van der Waals surface area contributed by atoms with Crippen LogP contribution in [0.1, 0.15) is 25.0 Å². The summed E-state index contributed by atoms with van der Waals surface area (Å²) in [4.78, 5) is 16.0. The van der Waals surface area contributed by atoms with Gasteiger partial charge in [-0.25, -0.2) is 8.42 Å². The Morgan fingerprint density at radius 1 is 1.00 bits per heavy atom. The van der Waals surface area contributed by atoms with Crippen molar-refractivity contribution in [2.45, 2.75) is 31.6 Å². The maximum absolute atomic E-state index is 13.2. The molecule has 2 aromatic carbocycles. The van der Waals surface area contributed by atoms with Crippen LogP contribution in [0.15, 0.2) is 47.4 Å². The molecule has 2 aliphatic heterocycles. The van der Waals surface area contributed by atoms with Gasteiger partial charge in [0, 0.05) is 51.0 Å². The summed E-state index contributed by atoms with van der Waals surface area (Å²) in [5.74, 6) is -0.0115. The van der Waals surface area contributed by atoms with Crippen LogP contribution in [0, 0.1) is 0 Å². The summed E-state index contributed by atoms with van der Waals surface area (Å²) >= 11 is 0. The highest BCUT2D eigenvalue weighted by Gasteiger charge is 2.30. The number of nitrogens with zero attached hydrogens (tertiary/aromatic N) is 3. The highest BCUT2D eigenvalue weighted by Crippen LogP contribution is 2.31. The second-order valence-electron chi connectivity index (χ2n) is 7.63. The zero-order valence-electron chi connectivity index (χ0n) is 17.0. The van der Waals surface area contributed by atoms with Gasteiger partial charge in [-0.05, 0) is 54.3 Å². The minimum atomic E-state index is -3.54. The average molecular weight is 414 g/mol. The van der Waals surface area contributed by atoms with Crippen molar-refractivity contribution >= 4 is 27.3 Å². The van der Waals surface area contributed by atoms with Gasteiger partial charge in [0.25, 0.3) is 0 Å². The standard InChI is InChI=1S/C22H27N3O3S/c1-3-18-5-4-6-20(15-18)23-11-13-24(14-12-23)29(27,28)21-7-8-22-19(16-21)9-10-25(22)17(2)26/h4-8,15-16H,3,9-14H2,1-2H3. The van der Waals surface area contributed by atoms with E-state index >= 15 is 0 Å². The first-order valence-corrected chi connectivity index (χ1v) is 11.6. The Bertz CT molecular complexity index is 1030. The second kappa shape index (κ2) is 7.80. The van der Waals surface area contributed by atoms with E-state index in [-0.39, 0.29) is 5.91 Å². The van der Waals surface area contributed by atoms with Crippen LogP contribution in [-0.4, -0.2) is 51.4 Å². The van der Waals surface area contributed by atoms with Gasteiger partial charge in [-0.3, -0.25) is 4.79 Å². The van der Waals surface area contributed by atoms with E-state index in [4.69, 9.17) is 0 Å². The SMILES string of the molecule is CCc1cccc(N2CCN(S(=O)(=O)c3ccc4c(c3)CCN4C(C)=O)CC2)c1. The zero-order chi connectivity index (χ0) is 20.6. The number of benzene rings is 2. The van der Waals surface area contributed by atoms with E-state index < -0.39 is 10.0 Å². The number of anilines is 2. The van der Waals surface area contributed by atoms with Gasteiger partial charge >= 0.3 is 0 Å². The molecule has 4 rings (SSSR count). The summed E-state index contributed by atoms with van der Waals surface area (Å²) in [7, 11) is -3.54. The van der Waals surface area contributed by atoms with E-state index in [0.717, 1.165) is 23.4 Å². The Kier molecular flexibility index (Phi) is 5.36. The Labute approximate surface area is 172 Å². The van der Waals surface area contributed by atoms with Crippen molar-refractivity contribution in [2.75, 3.05) is 42.5 Å². The molecular weight excluding hydrogens is 386 g/mol. The van der Waals surface area contributed by atoms with E-state index in [1.54, 1.807) is 27.4 Å². The first kappa shape index (κ1) is 19.9. The average Bonchev–Trinajstić information content (AvgIpc) is 3.17. The molecule has 1 fully saturated rings. The number of hydrogen-bond acceptors (Lipinski definition) is 4. The Balaban J connectivity index is 1.49. The summed E-state index contributed by atoms with van der Waals surface area (Å²) < 4.78 is 27.9. The topological polar surface area (TPSA) is 60.9 Å². The van der Waals surface area contributed by atoms with Crippen molar-refractivity contribution in [3.8, 4) is 0 Å². The van der Waals surface area contributed by atoms with Crippen molar-refractivity contribution in [1.29, 1.82) is 0 Å². The number of piperazine rings is 1.